The molecule has 4 aromatic carbocycles. The maximum atomic E-state index is 10.2. The molecule has 0 radical (unpaired) electrons. The molecule has 0 fully saturated rings. The number of fused-ring (bicyclic) bond motifs is 2. The number of allylic oxidation sites excluding steroid dienone is 2. The van der Waals surface area contributed by atoms with Gasteiger partial charge in [0.15, 0.2) is 20.4 Å². The van der Waals surface area contributed by atoms with E-state index in [0.29, 0.717) is 31.0 Å². The number of hydrogen-bond donors (Lipinski definition) is 1. The van der Waals surface area contributed by atoms with E-state index in [9.17, 15) is 5.11 Å². The molecule has 0 aliphatic carbocycles. The zero-order valence-electron chi connectivity index (χ0n) is 50.3. The van der Waals surface area contributed by atoms with Crippen molar-refractivity contribution in [2.45, 2.75) is 218 Å². The van der Waals surface area contributed by atoms with Crippen molar-refractivity contribution in [2.24, 2.45) is 5.92 Å². The average molecular weight is 1080 g/mol. The van der Waals surface area contributed by atoms with Crippen molar-refractivity contribution in [3.8, 4) is 28.7 Å². The van der Waals surface area contributed by atoms with Gasteiger partial charge in [-0.1, -0.05) is 197 Å². The maximum Gasteiger partial charge on any atom is 0.188 e. The Hall–Kier alpha value is -4.54. The van der Waals surface area contributed by atoms with Crippen LogP contribution in [0.3, 0.4) is 0 Å². The Balaban J connectivity index is 0.000000289. The van der Waals surface area contributed by atoms with Crippen LogP contribution in [-0.2, 0) is 25.0 Å². The molecule has 9 nitrogen and oxygen atoms in total. The van der Waals surface area contributed by atoms with Gasteiger partial charge in [0.1, 0.15) is 28.7 Å². The summed E-state index contributed by atoms with van der Waals surface area (Å²) in [5.74, 6) is 5.43. The summed E-state index contributed by atoms with van der Waals surface area (Å²) >= 11 is 0. The van der Waals surface area contributed by atoms with Gasteiger partial charge in [-0.15, -0.1) is 0 Å². The highest BCUT2D eigenvalue weighted by Crippen LogP contribution is 2.51. The third kappa shape index (κ3) is 20.2. The third-order valence-electron chi connectivity index (χ3n) is 16.8. The SMILES string of the molecule is CCCC(O)C(C)CCCCCCCCC[C@@H]1c2ccc(OCOC)cc2OC[C@]1(C)c1ccc(OCOC)cc1.CCCC=C(C)CCCCCCCCC[C@@H]1c2ccc(OCOC)cc2OC[C@]1(C)c1ccc(C)cc1. The summed E-state index contributed by atoms with van der Waals surface area (Å²) < 4.78 is 45.0. The summed E-state index contributed by atoms with van der Waals surface area (Å²) in [7, 11) is 4.90. The quantitative estimate of drug-likeness (QED) is 0.0271. The molecule has 434 valence electrons. The predicted molar refractivity (Wildman–Crippen MR) is 321 cm³/mol. The topological polar surface area (TPSA) is 94.1 Å². The van der Waals surface area contributed by atoms with E-state index in [4.69, 9.17) is 37.9 Å². The highest BCUT2D eigenvalue weighted by molar-refractivity contribution is 5.50. The van der Waals surface area contributed by atoms with Crippen molar-refractivity contribution in [1.29, 1.82) is 0 Å². The molecule has 1 N–H and O–H groups in total. The van der Waals surface area contributed by atoms with Crippen LogP contribution in [0.4, 0.5) is 0 Å². The number of hydrogen-bond acceptors (Lipinski definition) is 9. The summed E-state index contributed by atoms with van der Waals surface area (Å²) in [6.45, 7) is 17.8. The van der Waals surface area contributed by atoms with Gasteiger partial charge in [0.25, 0.3) is 0 Å². The summed E-state index contributed by atoms with van der Waals surface area (Å²) in [5, 5.41) is 10.2. The standard InChI is InChI=1S/C35H54O6.C34H50O3/c1-6-14-33(36)27(2)15-12-10-8-7-9-11-13-16-32-31-22-21-30(41-26-38-5)23-34(31)39-24-35(32,3)28-17-19-29(20-18-28)40-25-37-4;1-6-7-15-27(2)16-13-11-9-8-10-12-14-17-32-31-23-22-30(37-26-35-5)24-33(31)36-25-34(32,4)29-20-18-28(3)19-21-29/h17-23,27,32-33,36H,6-16,24-26H2,1-5H3;15,18-24,32H,6-14,16-17,25-26H2,1-5H3/t27?,32-,33?,35-;32-,34-/m11/s1. The molecule has 78 heavy (non-hydrogen) atoms. The Morgan fingerprint density at radius 2 is 0.987 bits per heavy atom. The van der Waals surface area contributed by atoms with Gasteiger partial charge in [-0.2, -0.15) is 0 Å². The molecule has 2 heterocycles. The Kier molecular flexibility index (Phi) is 29.0. The van der Waals surface area contributed by atoms with Gasteiger partial charge in [-0.25, -0.2) is 0 Å². The molecule has 0 saturated heterocycles. The van der Waals surface area contributed by atoms with Crippen LogP contribution in [0.2, 0.25) is 0 Å². The molecule has 0 spiro atoms. The largest absolute Gasteiger partial charge is 0.492 e. The summed E-state index contributed by atoms with van der Waals surface area (Å²) in [4.78, 5) is 0. The molecule has 6 rings (SSSR count). The molecule has 2 aliphatic rings. The van der Waals surface area contributed by atoms with E-state index in [1.165, 1.54) is 143 Å². The maximum absolute atomic E-state index is 10.2. The molecule has 4 aromatic rings. The van der Waals surface area contributed by atoms with Crippen LogP contribution in [0.15, 0.2) is 96.6 Å². The molecular formula is C69H104O9. The lowest BCUT2D eigenvalue weighted by Crippen LogP contribution is -2.40. The molecule has 0 saturated carbocycles. The fraction of sp³-hybridized carbons (Fsp3) is 0.623. The van der Waals surface area contributed by atoms with Crippen LogP contribution in [0.1, 0.15) is 222 Å². The second kappa shape index (κ2) is 35.2. The van der Waals surface area contributed by atoms with Crippen LogP contribution in [0.5, 0.6) is 28.7 Å². The second-order valence-electron chi connectivity index (χ2n) is 23.2. The number of ether oxygens (including phenoxy) is 8. The first-order valence-electron chi connectivity index (χ1n) is 30.3. The molecule has 2 unspecified atom stereocenters. The second-order valence-corrected chi connectivity index (χ2v) is 23.2. The number of unbranched alkanes of at least 4 members (excludes halogenated alkanes) is 13. The van der Waals surface area contributed by atoms with Gasteiger partial charge in [0, 0.05) is 56.1 Å². The Bertz CT molecular complexity index is 2270. The van der Waals surface area contributed by atoms with Crippen LogP contribution in [0.25, 0.3) is 0 Å². The van der Waals surface area contributed by atoms with Crippen molar-refractivity contribution in [2.75, 3.05) is 54.9 Å². The van der Waals surface area contributed by atoms with Crippen molar-refractivity contribution >= 4 is 0 Å². The molecule has 0 amide bonds. The smallest absolute Gasteiger partial charge is 0.188 e. The molecule has 6 atom stereocenters. The Morgan fingerprint density at radius 3 is 1.45 bits per heavy atom. The summed E-state index contributed by atoms with van der Waals surface area (Å²) in [6.07, 6.45) is 29.6. The van der Waals surface area contributed by atoms with E-state index in [2.05, 4.69) is 109 Å². The van der Waals surface area contributed by atoms with Gasteiger partial charge >= 0.3 is 0 Å². The average Bonchev–Trinajstić information content (AvgIpc) is 3.65. The van der Waals surface area contributed by atoms with Crippen LogP contribution >= 0.6 is 0 Å². The summed E-state index contributed by atoms with van der Waals surface area (Å²) in [6, 6.07) is 30.0. The minimum Gasteiger partial charge on any atom is -0.492 e. The first-order chi connectivity index (χ1) is 37.9. The first-order valence-corrected chi connectivity index (χ1v) is 30.3. The van der Waals surface area contributed by atoms with Gasteiger partial charge in [-0.3, -0.25) is 0 Å². The van der Waals surface area contributed by atoms with E-state index in [-0.39, 0.29) is 37.3 Å². The van der Waals surface area contributed by atoms with Crippen molar-refractivity contribution < 1.29 is 43.0 Å². The van der Waals surface area contributed by atoms with Crippen LogP contribution in [0, 0.1) is 12.8 Å². The first kappa shape index (κ1) is 64.3. The minimum atomic E-state index is -0.152. The molecule has 0 aromatic heterocycles. The van der Waals surface area contributed by atoms with Gasteiger partial charge in [-0.05, 0) is 111 Å². The number of methoxy groups -OCH3 is 3. The van der Waals surface area contributed by atoms with Gasteiger partial charge < -0.3 is 43.0 Å². The number of aliphatic hydroxyl groups excluding tert-OH is 1. The molecule has 2 aliphatic heterocycles. The molecule has 9 heteroatoms. The third-order valence-corrected chi connectivity index (χ3v) is 16.8. The number of rotatable bonds is 36. The Labute approximate surface area is 473 Å². The normalized spacial score (nSPS) is 19.6. The van der Waals surface area contributed by atoms with Gasteiger partial charge in [0.2, 0.25) is 0 Å². The van der Waals surface area contributed by atoms with E-state index in [0.717, 1.165) is 54.4 Å². The highest BCUT2D eigenvalue weighted by atomic mass is 16.7. The van der Waals surface area contributed by atoms with Crippen LogP contribution < -0.4 is 23.7 Å². The van der Waals surface area contributed by atoms with E-state index in [1.807, 2.05) is 30.3 Å². The zero-order chi connectivity index (χ0) is 56.0. The van der Waals surface area contributed by atoms with Crippen molar-refractivity contribution in [3.05, 3.63) is 124 Å². The number of benzene rings is 4. The summed E-state index contributed by atoms with van der Waals surface area (Å²) in [5.41, 5.74) is 7.88. The lowest BCUT2D eigenvalue weighted by molar-refractivity contribution is 0.0504. The lowest BCUT2D eigenvalue weighted by atomic mass is 9.66. The highest BCUT2D eigenvalue weighted by Gasteiger charge is 2.43. The van der Waals surface area contributed by atoms with E-state index >= 15 is 0 Å². The minimum absolute atomic E-state index is 0.0429. The molecular weight excluding hydrogens is 973 g/mol. The van der Waals surface area contributed by atoms with Crippen LogP contribution in [-0.4, -0.2) is 66.1 Å². The fourth-order valence-corrected chi connectivity index (χ4v) is 11.7. The lowest BCUT2D eigenvalue weighted by Gasteiger charge is -2.43. The zero-order valence-corrected chi connectivity index (χ0v) is 50.3. The number of aliphatic hydroxyl groups is 1. The Morgan fingerprint density at radius 1 is 0.564 bits per heavy atom. The monoisotopic (exact) mass is 1080 g/mol. The van der Waals surface area contributed by atoms with Crippen molar-refractivity contribution in [1.82, 2.24) is 0 Å². The van der Waals surface area contributed by atoms with E-state index in [1.54, 1.807) is 26.9 Å². The molecule has 0 bridgehead atoms. The predicted octanol–water partition coefficient (Wildman–Crippen LogP) is 18.1. The van der Waals surface area contributed by atoms with Gasteiger partial charge in [0.05, 0.1) is 19.3 Å². The fourth-order valence-electron chi connectivity index (χ4n) is 11.7. The van der Waals surface area contributed by atoms with Crippen molar-refractivity contribution in [3.63, 3.8) is 0 Å². The van der Waals surface area contributed by atoms with E-state index < -0.39 is 0 Å². The number of aryl methyl sites for hydroxylation is 1.